The molecular weight excluding hydrogens is 827 g/mol. The number of piperidine rings is 3. The molecule has 3 aliphatic rings. The van der Waals surface area contributed by atoms with Gasteiger partial charge in [-0.3, -0.25) is 14.5 Å². The number of H-pyrrole nitrogens is 1. The summed E-state index contributed by atoms with van der Waals surface area (Å²) in [5, 5.41) is 27.9. The van der Waals surface area contributed by atoms with E-state index in [4.69, 9.17) is 14.2 Å². The van der Waals surface area contributed by atoms with Gasteiger partial charge >= 0.3 is 12.1 Å². The summed E-state index contributed by atoms with van der Waals surface area (Å²) in [5.41, 5.74) is 4.73. The highest BCUT2D eigenvalue weighted by atomic mass is 16.6. The summed E-state index contributed by atoms with van der Waals surface area (Å²) in [6.07, 6.45) is 0.646. The van der Waals surface area contributed by atoms with Crippen LogP contribution >= 0.6 is 0 Å². The fourth-order valence-electron chi connectivity index (χ4n) is 8.53. The lowest BCUT2D eigenvalue weighted by Crippen LogP contribution is -2.52. The Balaban J connectivity index is 0.785. The second-order valence-electron chi connectivity index (χ2n) is 16.6. The van der Waals surface area contributed by atoms with Crippen molar-refractivity contribution >= 4 is 28.9 Å². The molecule has 0 radical (unpaired) electrons. The largest absolute Gasteiger partial charge is 0.506 e. The fourth-order valence-corrected chi connectivity index (χ4v) is 8.53. The van der Waals surface area contributed by atoms with E-state index in [0.29, 0.717) is 40.3 Å². The topological polar surface area (TPSA) is 183 Å². The number of aromatic hydroxyl groups is 1. The minimum atomic E-state index is -0.924. The first kappa shape index (κ1) is 44.6. The van der Waals surface area contributed by atoms with Crippen LogP contribution in [-0.2, 0) is 22.6 Å². The molecule has 5 N–H and O–H groups in total. The number of likely N-dealkylation sites (N-methyl/N-ethyl adjacent to an activating group) is 1. The van der Waals surface area contributed by atoms with Crippen LogP contribution < -0.4 is 20.9 Å². The van der Waals surface area contributed by atoms with Crippen LogP contribution in [0, 0.1) is 5.92 Å². The van der Waals surface area contributed by atoms with Gasteiger partial charge in [-0.2, -0.15) is 0 Å². The molecule has 3 aliphatic heterocycles. The fraction of sp³-hybridized carbons (Fsp3) is 0.294. The van der Waals surface area contributed by atoms with Crippen molar-refractivity contribution in [1.29, 1.82) is 0 Å². The van der Waals surface area contributed by atoms with Gasteiger partial charge in [-0.05, 0) is 108 Å². The lowest BCUT2D eigenvalue weighted by atomic mass is 9.86. The zero-order valence-electron chi connectivity index (χ0n) is 36.2. The maximum atomic E-state index is 13.3. The number of pyridine rings is 1. The highest BCUT2D eigenvalue weighted by molar-refractivity contribution is 5.94. The summed E-state index contributed by atoms with van der Waals surface area (Å²) in [4.78, 5) is 57.7. The van der Waals surface area contributed by atoms with Crippen molar-refractivity contribution in [3.05, 3.63) is 177 Å². The first-order chi connectivity index (χ1) is 31.6. The molecule has 9 rings (SSSR count). The molecule has 14 heteroatoms. The molecule has 4 heterocycles. The van der Waals surface area contributed by atoms with Crippen LogP contribution in [0.25, 0.3) is 10.9 Å². The van der Waals surface area contributed by atoms with Crippen molar-refractivity contribution in [2.24, 2.45) is 5.92 Å². The number of phenols is 1. The number of benzene rings is 5. The number of fused-ring (bicyclic) bond motifs is 4. The molecule has 14 nitrogen and oxygen atoms in total. The van der Waals surface area contributed by atoms with Crippen LogP contribution in [0.1, 0.15) is 73.5 Å². The Hall–Kier alpha value is -7.00. The molecule has 0 saturated carbocycles. The molecule has 3 fully saturated rings. The normalized spacial score (nSPS) is 17.5. The van der Waals surface area contributed by atoms with Crippen LogP contribution in [0.3, 0.4) is 0 Å². The number of carbonyl (C=O) groups is 3. The number of ether oxygens (including phenoxy) is 3. The molecule has 336 valence electrons. The molecule has 0 unspecified atom stereocenters. The number of hydrogen-bond acceptors (Lipinski definition) is 11. The molecule has 6 aromatic rings. The molecule has 2 amide bonds. The van der Waals surface area contributed by atoms with Crippen molar-refractivity contribution in [1.82, 2.24) is 25.4 Å². The Morgan fingerprint density at radius 3 is 2.38 bits per heavy atom. The number of rotatable bonds is 17. The summed E-state index contributed by atoms with van der Waals surface area (Å²) in [6.45, 7) is 3.89. The molecule has 0 spiro atoms. The van der Waals surface area contributed by atoms with Gasteiger partial charge < -0.3 is 44.9 Å². The summed E-state index contributed by atoms with van der Waals surface area (Å²) < 4.78 is 17.7. The van der Waals surface area contributed by atoms with E-state index in [1.165, 1.54) is 17.0 Å². The van der Waals surface area contributed by atoms with Crippen LogP contribution in [0.2, 0.25) is 0 Å². The minimum absolute atomic E-state index is 0.00248. The molecule has 3 saturated heterocycles. The van der Waals surface area contributed by atoms with Gasteiger partial charge in [-0.15, -0.1) is 0 Å². The quantitative estimate of drug-likeness (QED) is 0.0633. The van der Waals surface area contributed by atoms with Gasteiger partial charge in [-0.25, -0.2) is 9.59 Å². The van der Waals surface area contributed by atoms with E-state index >= 15 is 0 Å². The first-order valence-corrected chi connectivity index (χ1v) is 21.9. The van der Waals surface area contributed by atoms with E-state index in [-0.39, 0.29) is 55.1 Å². The summed E-state index contributed by atoms with van der Waals surface area (Å²) >= 11 is 0. The van der Waals surface area contributed by atoms with E-state index in [9.17, 15) is 29.4 Å². The van der Waals surface area contributed by atoms with Crippen molar-refractivity contribution in [3.8, 4) is 11.5 Å². The number of aliphatic hydroxyl groups excluding tert-OH is 1. The average molecular weight is 880 g/mol. The van der Waals surface area contributed by atoms with Crippen LogP contribution in [0.4, 0.5) is 4.79 Å². The number of aromatic amines is 1. The lowest BCUT2D eigenvalue weighted by Gasteiger charge is -2.43. The van der Waals surface area contributed by atoms with Crippen LogP contribution in [0.5, 0.6) is 11.5 Å². The van der Waals surface area contributed by atoms with Crippen molar-refractivity contribution in [2.75, 3.05) is 46.4 Å². The number of amides is 2. The summed E-state index contributed by atoms with van der Waals surface area (Å²) in [5.74, 6) is 0.196. The van der Waals surface area contributed by atoms with Gasteiger partial charge in [-0.1, -0.05) is 72.8 Å². The van der Waals surface area contributed by atoms with E-state index in [2.05, 4.69) is 20.5 Å². The smallest absolute Gasteiger partial charge is 0.408 e. The maximum Gasteiger partial charge on any atom is 0.408 e. The molecule has 1 aromatic heterocycles. The van der Waals surface area contributed by atoms with Crippen LogP contribution in [-0.4, -0.2) is 95.4 Å². The van der Waals surface area contributed by atoms with Crippen LogP contribution in [0.15, 0.2) is 132 Å². The Labute approximate surface area is 376 Å². The Bertz CT molecular complexity index is 2670. The van der Waals surface area contributed by atoms with E-state index < -0.39 is 24.2 Å². The molecule has 65 heavy (non-hydrogen) atoms. The van der Waals surface area contributed by atoms with E-state index in [0.717, 1.165) is 54.7 Å². The Morgan fingerprint density at radius 1 is 0.846 bits per heavy atom. The van der Waals surface area contributed by atoms with Gasteiger partial charge in [0.2, 0.25) is 5.56 Å². The van der Waals surface area contributed by atoms with Gasteiger partial charge in [0.15, 0.2) is 0 Å². The lowest BCUT2D eigenvalue weighted by molar-refractivity contribution is -0.0336. The van der Waals surface area contributed by atoms with Crippen molar-refractivity contribution in [2.45, 2.75) is 44.2 Å². The standard InChI is InChI=1S/C51H53N5O9/c1-55(49(60)39-11-5-7-34(27-39)29-52-30-44(58)41-17-19-43(57)48-42(41)18-20-46(59)53-48)25-26-63-50(61)37-15-13-33(14-16-37)32-64-40-12-6-10-38(28-40)47(36-8-3-2-4-9-36)54-51(62)65-45-31-56-23-21-35(45)22-24-56/h2-20,27-28,35,44-45,47,52,57-58H,21-26,29-32H2,1H3,(H,53,59)(H,54,62)/t44-,45-,47-/m0/s1. The van der Waals surface area contributed by atoms with E-state index in [1.807, 2.05) is 60.7 Å². The number of aromatic nitrogens is 1. The average Bonchev–Trinajstić information content (AvgIpc) is 3.33. The second-order valence-corrected chi connectivity index (χ2v) is 16.6. The summed E-state index contributed by atoms with van der Waals surface area (Å²) in [6, 6.07) is 37.0. The summed E-state index contributed by atoms with van der Waals surface area (Å²) in [7, 11) is 1.64. The third-order valence-electron chi connectivity index (χ3n) is 12.1. The first-order valence-electron chi connectivity index (χ1n) is 21.9. The number of esters is 1. The van der Waals surface area contributed by atoms with Gasteiger partial charge in [0, 0.05) is 43.7 Å². The number of alkyl carbamates (subject to hydrolysis) is 1. The highest BCUT2D eigenvalue weighted by Gasteiger charge is 2.37. The third-order valence-corrected chi connectivity index (χ3v) is 12.1. The van der Waals surface area contributed by atoms with Gasteiger partial charge in [0.05, 0.1) is 29.8 Å². The molecule has 3 atom stereocenters. The highest BCUT2D eigenvalue weighted by Crippen LogP contribution is 2.32. The molecule has 2 bridgehead atoms. The molecule has 5 aromatic carbocycles. The number of nitrogens with one attached hydrogen (secondary N) is 3. The van der Waals surface area contributed by atoms with Gasteiger partial charge in [0.1, 0.15) is 30.8 Å². The molecule has 0 aliphatic carbocycles. The zero-order valence-corrected chi connectivity index (χ0v) is 36.2. The second kappa shape index (κ2) is 20.7. The maximum absolute atomic E-state index is 13.3. The number of carbonyl (C=O) groups excluding carboxylic acids is 3. The van der Waals surface area contributed by atoms with Crippen molar-refractivity contribution < 1.29 is 38.8 Å². The predicted molar refractivity (Wildman–Crippen MR) is 245 cm³/mol. The monoisotopic (exact) mass is 879 g/mol. The Kier molecular flexibility index (Phi) is 14.2. The minimum Gasteiger partial charge on any atom is -0.506 e. The van der Waals surface area contributed by atoms with Gasteiger partial charge in [0.25, 0.3) is 5.91 Å². The number of phenolic OH excluding ortho intramolecular Hbond substituents is 1. The SMILES string of the molecule is CN(CCOC(=O)c1ccc(COc2cccc([C@@H](NC(=O)O[C@H]3CN4CCC3CC4)c3ccccc3)c2)cc1)C(=O)c1cccc(CNC[C@H](O)c2ccc(O)c3[nH]c(=O)ccc23)c1. The number of hydrogen-bond donors (Lipinski definition) is 5. The Morgan fingerprint density at radius 2 is 1.62 bits per heavy atom. The van der Waals surface area contributed by atoms with E-state index in [1.54, 1.807) is 61.6 Å². The molecular formula is C51H53N5O9. The third kappa shape index (κ3) is 11.2. The van der Waals surface area contributed by atoms with Crippen molar-refractivity contribution in [3.63, 3.8) is 0 Å². The zero-order chi connectivity index (χ0) is 45.3. The number of nitrogens with zero attached hydrogens (tertiary/aromatic N) is 2. The number of aliphatic hydroxyl groups is 1. The predicted octanol–water partition coefficient (Wildman–Crippen LogP) is 6.47.